The van der Waals surface area contributed by atoms with Gasteiger partial charge in [0.25, 0.3) is 0 Å². The van der Waals surface area contributed by atoms with Gasteiger partial charge >= 0.3 is 0 Å². The molecule has 0 aliphatic rings. The first-order valence-electron chi connectivity index (χ1n) is 6.05. The van der Waals surface area contributed by atoms with Crippen molar-refractivity contribution in [2.75, 3.05) is 45.7 Å². The minimum absolute atomic E-state index is 0.773. The Bertz CT molecular complexity index is 486. The summed E-state index contributed by atoms with van der Waals surface area (Å²) >= 11 is 1.75. The molecule has 0 bridgehead atoms. The van der Waals surface area contributed by atoms with Crippen molar-refractivity contribution in [3.8, 4) is 0 Å². The molecule has 0 saturated carbocycles. The summed E-state index contributed by atoms with van der Waals surface area (Å²) in [5.74, 6) is 0.980. The summed E-state index contributed by atoms with van der Waals surface area (Å²) in [6.45, 7) is 3.59. The normalized spacial score (nSPS) is 11.3. The quantitative estimate of drug-likeness (QED) is 0.833. The van der Waals surface area contributed by atoms with Crippen molar-refractivity contribution in [3.05, 3.63) is 23.7 Å². The predicted molar refractivity (Wildman–Crippen MR) is 77.5 cm³/mol. The van der Waals surface area contributed by atoms with Crippen LogP contribution in [0.2, 0.25) is 0 Å². The van der Waals surface area contributed by atoms with E-state index in [4.69, 9.17) is 4.74 Å². The van der Waals surface area contributed by atoms with Crippen LogP contribution in [0.25, 0.3) is 10.1 Å². The predicted octanol–water partition coefficient (Wildman–Crippen LogP) is 2.29. The van der Waals surface area contributed by atoms with Crippen LogP contribution in [0.15, 0.2) is 23.7 Å². The van der Waals surface area contributed by atoms with E-state index in [0.717, 1.165) is 32.1 Å². The van der Waals surface area contributed by atoms with Gasteiger partial charge in [-0.2, -0.15) is 0 Å². The van der Waals surface area contributed by atoms with Gasteiger partial charge in [0.1, 0.15) is 5.82 Å². The van der Waals surface area contributed by atoms with Crippen LogP contribution in [0, 0.1) is 0 Å². The summed E-state index contributed by atoms with van der Waals surface area (Å²) in [7, 11) is 3.83. The number of nitrogens with zero attached hydrogens (tertiary/aromatic N) is 2. The van der Waals surface area contributed by atoms with Gasteiger partial charge in [0.05, 0.1) is 6.61 Å². The van der Waals surface area contributed by atoms with Crippen molar-refractivity contribution in [3.63, 3.8) is 0 Å². The van der Waals surface area contributed by atoms with Gasteiger partial charge in [-0.1, -0.05) is 0 Å². The highest BCUT2D eigenvalue weighted by Gasteiger charge is 2.03. The molecule has 0 amide bonds. The Labute approximate surface area is 112 Å². The number of methoxy groups -OCH3 is 1. The zero-order chi connectivity index (χ0) is 12.8. The lowest BCUT2D eigenvalue weighted by Gasteiger charge is -2.16. The van der Waals surface area contributed by atoms with Crippen molar-refractivity contribution in [2.24, 2.45) is 0 Å². The van der Waals surface area contributed by atoms with Gasteiger partial charge in [0, 0.05) is 43.0 Å². The van der Waals surface area contributed by atoms with Crippen LogP contribution in [-0.4, -0.2) is 50.3 Å². The second-order valence-electron chi connectivity index (χ2n) is 4.21. The molecule has 0 fully saturated rings. The lowest BCUT2D eigenvalue weighted by atomic mass is 10.3. The second kappa shape index (κ2) is 6.68. The third-order valence-electron chi connectivity index (χ3n) is 2.84. The van der Waals surface area contributed by atoms with E-state index < -0.39 is 0 Å². The second-order valence-corrected chi connectivity index (χ2v) is 5.16. The molecule has 2 aromatic rings. The maximum absolute atomic E-state index is 5.05. The highest BCUT2D eigenvalue weighted by atomic mass is 32.1. The Morgan fingerprint density at radius 2 is 2.28 bits per heavy atom. The zero-order valence-corrected chi connectivity index (χ0v) is 11.7. The van der Waals surface area contributed by atoms with E-state index >= 15 is 0 Å². The van der Waals surface area contributed by atoms with Crippen LogP contribution >= 0.6 is 11.3 Å². The van der Waals surface area contributed by atoms with Gasteiger partial charge in [-0.05, 0) is 24.6 Å². The number of ether oxygens (including phenoxy) is 1. The molecule has 98 valence electrons. The Kier molecular flexibility index (Phi) is 4.92. The largest absolute Gasteiger partial charge is 0.383 e. The lowest BCUT2D eigenvalue weighted by molar-refractivity contribution is 0.163. The summed E-state index contributed by atoms with van der Waals surface area (Å²) in [5, 5.41) is 6.70. The molecule has 0 spiro atoms. The van der Waals surface area contributed by atoms with Crippen molar-refractivity contribution >= 4 is 27.2 Å². The molecule has 1 N–H and O–H groups in total. The molecule has 0 aromatic carbocycles. The van der Waals surface area contributed by atoms with E-state index in [0.29, 0.717) is 0 Å². The van der Waals surface area contributed by atoms with E-state index in [-0.39, 0.29) is 0 Å². The van der Waals surface area contributed by atoms with Gasteiger partial charge in [0.2, 0.25) is 0 Å². The molecule has 18 heavy (non-hydrogen) atoms. The molecule has 0 aliphatic carbocycles. The number of likely N-dealkylation sites (N-methyl/N-ethyl adjacent to an activating group) is 1. The van der Waals surface area contributed by atoms with Crippen LogP contribution in [0.1, 0.15) is 0 Å². The van der Waals surface area contributed by atoms with Crippen molar-refractivity contribution in [1.29, 1.82) is 0 Å². The fourth-order valence-electron chi connectivity index (χ4n) is 1.76. The highest BCUT2D eigenvalue weighted by molar-refractivity contribution is 7.17. The summed E-state index contributed by atoms with van der Waals surface area (Å²) < 4.78 is 6.33. The van der Waals surface area contributed by atoms with Crippen LogP contribution in [0.5, 0.6) is 0 Å². The van der Waals surface area contributed by atoms with Crippen molar-refractivity contribution in [2.45, 2.75) is 0 Å². The summed E-state index contributed by atoms with van der Waals surface area (Å²) in [5.41, 5.74) is 0. The number of pyridine rings is 1. The van der Waals surface area contributed by atoms with Crippen LogP contribution < -0.4 is 5.32 Å². The average Bonchev–Trinajstić information content (AvgIpc) is 2.85. The molecule has 2 heterocycles. The summed E-state index contributed by atoms with van der Waals surface area (Å²) in [4.78, 5) is 6.63. The maximum Gasteiger partial charge on any atom is 0.134 e. The molecule has 0 atom stereocenters. The Balaban J connectivity index is 1.85. The fourth-order valence-corrected chi connectivity index (χ4v) is 2.54. The molecule has 4 nitrogen and oxygen atoms in total. The smallest absolute Gasteiger partial charge is 0.134 e. The first kappa shape index (κ1) is 13.3. The van der Waals surface area contributed by atoms with Gasteiger partial charge < -0.3 is 15.0 Å². The molecular weight excluding hydrogens is 246 g/mol. The maximum atomic E-state index is 5.05. The van der Waals surface area contributed by atoms with Gasteiger partial charge in [0.15, 0.2) is 0 Å². The number of nitrogens with one attached hydrogen (secondary N) is 1. The van der Waals surface area contributed by atoms with Crippen LogP contribution in [0.4, 0.5) is 5.82 Å². The van der Waals surface area contributed by atoms with E-state index in [9.17, 15) is 0 Å². The molecule has 2 aromatic heterocycles. The molecule has 2 rings (SSSR count). The van der Waals surface area contributed by atoms with Crippen LogP contribution in [0.3, 0.4) is 0 Å². The number of thiophene rings is 1. The van der Waals surface area contributed by atoms with E-state index in [1.165, 1.54) is 10.1 Å². The minimum atomic E-state index is 0.773. The molecule has 0 unspecified atom stereocenters. The Morgan fingerprint density at radius 3 is 3.11 bits per heavy atom. The molecular formula is C13H19N3OS. The molecule has 0 radical (unpaired) electrons. The summed E-state index contributed by atoms with van der Waals surface area (Å²) in [6, 6.07) is 4.17. The lowest BCUT2D eigenvalue weighted by Crippen LogP contribution is -2.28. The minimum Gasteiger partial charge on any atom is -0.383 e. The Morgan fingerprint density at radius 1 is 1.39 bits per heavy atom. The highest BCUT2D eigenvalue weighted by Crippen LogP contribution is 2.25. The van der Waals surface area contributed by atoms with E-state index in [1.807, 2.05) is 6.20 Å². The average molecular weight is 265 g/mol. The summed E-state index contributed by atoms with van der Waals surface area (Å²) in [6.07, 6.45) is 1.86. The number of anilines is 1. The molecule has 0 aliphatic heterocycles. The topological polar surface area (TPSA) is 37.4 Å². The first-order chi connectivity index (χ1) is 8.81. The number of rotatable bonds is 7. The number of hydrogen-bond donors (Lipinski definition) is 1. The fraction of sp³-hybridized carbons (Fsp3) is 0.462. The number of hydrogen-bond acceptors (Lipinski definition) is 5. The van der Waals surface area contributed by atoms with Crippen molar-refractivity contribution < 1.29 is 4.74 Å². The van der Waals surface area contributed by atoms with Crippen molar-refractivity contribution in [1.82, 2.24) is 9.88 Å². The standard InChI is InChI=1S/C13H19N3OS/c1-16(8-9-17-2)7-6-15-13-11-4-10-18-12(11)3-5-14-13/h3-5,10H,6-9H2,1-2H3,(H,14,15). The monoisotopic (exact) mass is 265 g/mol. The SMILES string of the molecule is COCCN(C)CCNc1nccc2sccc12. The zero-order valence-electron chi connectivity index (χ0n) is 10.8. The number of fused-ring (bicyclic) bond motifs is 1. The van der Waals surface area contributed by atoms with Gasteiger partial charge in [-0.25, -0.2) is 4.98 Å². The number of aromatic nitrogens is 1. The molecule has 5 heteroatoms. The van der Waals surface area contributed by atoms with Crippen LogP contribution in [-0.2, 0) is 4.74 Å². The van der Waals surface area contributed by atoms with E-state index in [1.54, 1.807) is 18.4 Å². The Hall–Kier alpha value is -1.17. The third-order valence-corrected chi connectivity index (χ3v) is 3.73. The molecule has 0 saturated heterocycles. The van der Waals surface area contributed by atoms with E-state index in [2.05, 4.69) is 39.8 Å². The third kappa shape index (κ3) is 3.41. The first-order valence-corrected chi connectivity index (χ1v) is 6.93. The van der Waals surface area contributed by atoms with Gasteiger partial charge in [-0.15, -0.1) is 11.3 Å². The van der Waals surface area contributed by atoms with Gasteiger partial charge in [-0.3, -0.25) is 0 Å².